The van der Waals surface area contributed by atoms with E-state index in [0.29, 0.717) is 6.54 Å². The monoisotopic (exact) mass is 216 g/mol. The van der Waals surface area contributed by atoms with Crippen molar-refractivity contribution in [2.24, 2.45) is 5.73 Å². The first-order chi connectivity index (χ1) is 7.79. The average Bonchev–Trinajstić information content (AvgIpc) is 2.90. The van der Waals surface area contributed by atoms with Gasteiger partial charge in [-0.05, 0) is 18.6 Å². The molecule has 3 heterocycles. The minimum absolute atomic E-state index is 0.563. The normalized spacial score (nSPS) is 11.4. The fourth-order valence-corrected chi connectivity index (χ4v) is 2.02. The molecule has 0 aliphatic heterocycles. The molecule has 0 saturated carbocycles. The van der Waals surface area contributed by atoms with Crippen molar-refractivity contribution in [3.63, 3.8) is 0 Å². The standard InChI is InChI=1S/C11H13N5/c1-7-8(5-12)4-10(15-7)9-6-14-16-3-2-13-11(9)16/h2-4,6,15H,5,12H2,1H3,(H,13,14)/p+1. The van der Waals surface area contributed by atoms with Crippen LogP contribution in [0.5, 0.6) is 0 Å². The Balaban J connectivity index is 2.19. The second-order valence-electron chi connectivity index (χ2n) is 3.90. The molecule has 0 saturated heterocycles. The lowest BCUT2D eigenvalue weighted by atomic mass is 10.2. The van der Waals surface area contributed by atoms with Crippen LogP contribution in [-0.2, 0) is 6.54 Å². The van der Waals surface area contributed by atoms with Crippen molar-refractivity contribution >= 4 is 5.65 Å². The van der Waals surface area contributed by atoms with Gasteiger partial charge in [0.2, 0.25) is 0 Å². The van der Waals surface area contributed by atoms with Crippen LogP contribution in [0.1, 0.15) is 11.3 Å². The van der Waals surface area contributed by atoms with Gasteiger partial charge in [0, 0.05) is 12.2 Å². The second-order valence-corrected chi connectivity index (χ2v) is 3.90. The van der Waals surface area contributed by atoms with Crippen molar-refractivity contribution in [2.75, 3.05) is 0 Å². The van der Waals surface area contributed by atoms with E-state index in [2.05, 4.69) is 21.1 Å². The summed E-state index contributed by atoms with van der Waals surface area (Å²) < 4.78 is 1.94. The highest BCUT2D eigenvalue weighted by atomic mass is 15.2. The molecule has 0 atom stereocenters. The minimum Gasteiger partial charge on any atom is -0.358 e. The first kappa shape index (κ1) is 9.23. The molecule has 5 nitrogen and oxygen atoms in total. The van der Waals surface area contributed by atoms with E-state index in [1.54, 1.807) is 0 Å². The molecule has 0 aliphatic carbocycles. The maximum atomic E-state index is 5.67. The molecule has 16 heavy (non-hydrogen) atoms. The van der Waals surface area contributed by atoms with Crippen LogP contribution < -0.4 is 10.2 Å². The minimum atomic E-state index is 0.563. The highest BCUT2D eigenvalue weighted by Crippen LogP contribution is 2.22. The first-order valence-electron chi connectivity index (χ1n) is 5.24. The number of hydrogen-bond donors (Lipinski definition) is 4. The molecule has 0 spiro atoms. The van der Waals surface area contributed by atoms with Gasteiger partial charge in [-0.25, -0.2) is 10.1 Å². The molecular weight excluding hydrogens is 202 g/mol. The topological polar surface area (TPSA) is 77.5 Å². The molecule has 0 fully saturated rings. The Hall–Kier alpha value is -2.01. The fourth-order valence-electron chi connectivity index (χ4n) is 2.02. The second kappa shape index (κ2) is 3.24. The molecule has 5 heteroatoms. The summed E-state index contributed by atoms with van der Waals surface area (Å²) in [6.45, 7) is 2.60. The molecule has 0 bridgehead atoms. The van der Waals surface area contributed by atoms with E-state index in [0.717, 1.165) is 28.2 Å². The molecule has 82 valence electrons. The van der Waals surface area contributed by atoms with Crippen LogP contribution in [0.15, 0.2) is 24.7 Å². The zero-order chi connectivity index (χ0) is 11.1. The summed E-state index contributed by atoms with van der Waals surface area (Å²) in [6.07, 6.45) is 5.81. The van der Waals surface area contributed by atoms with Crippen LogP contribution in [-0.4, -0.2) is 15.1 Å². The van der Waals surface area contributed by atoms with Gasteiger partial charge in [0.15, 0.2) is 6.20 Å². The van der Waals surface area contributed by atoms with Crippen molar-refractivity contribution in [1.29, 1.82) is 0 Å². The summed E-state index contributed by atoms with van der Waals surface area (Å²) in [5, 5.41) is 3.15. The number of nitrogens with zero attached hydrogens (tertiary/aromatic N) is 1. The Kier molecular flexibility index (Phi) is 1.87. The quantitative estimate of drug-likeness (QED) is 0.471. The van der Waals surface area contributed by atoms with Gasteiger partial charge >= 0.3 is 5.65 Å². The van der Waals surface area contributed by atoms with E-state index in [1.807, 2.05) is 30.0 Å². The SMILES string of the molecule is Cc1[nH]c(-c2c[nH][n+]3cc[nH]c23)cc1CN. The number of rotatable bonds is 2. The van der Waals surface area contributed by atoms with E-state index in [4.69, 9.17) is 5.73 Å². The van der Waals surface area contributed by atoms with Gasteiger partial charge in [-0.15, -0.1) is 4.52 Å². The Morgan fingerprint density at radius 3 is 3.06 bits per heavy atom. The summed E-state index contributed by atoms with van der Waals surface area (Å²) in [6, 6.07) is 2.10. The number of aryl methyl sites for hydroxylation is 1. The number of aromatic amines is 3. The number of fused-ring (bicyclic) bond motifs is 1. The van der Waals surface area contributed by atoms with Gasteiger partial charge in [-0.1, -0.05) is 0 Å². The Morgan fingerprint density at radius 2 is 2.31 bits per heavy atom. The summed E-state index contributed by atoms with van der Waals surface area (Å²) in [4.78, 5) is 6.54. The summed E-state index contributed by atoms with van der Waals surface area (Å²) >= 11 is 0. The van der Waals surface area contributed by atoms with Crippen LogP contribution in [0.4, 0.5) is 0 Å². The lowest BCUT2D eigenvalue weighted by Gasteiger charge is -1.89. The Labute approximate surface area is 92.3 Å². The van der Waals surface area contributed by atoms with Crippen molar-refractivity contribution in [2.45, 2.75) is 13.5 Å². The van der Waals surface area contributed by atoms with E-state index in [-0.39, 0.29) is 0 Å². The van der Waals surface area contributed by atoms with E-state index in [1.165, 1.54) is 0 Å². The predicted octanol–water partition coefficient (Wildman–Crippen LogP) is 0.844. The lowest BCUT2D eigenvalue weighted by Crippen LogP contribution is -2.18. The van der Waals surface area contributed by atoms with Crippen LogP contribution >= 0.6 is 0 Å². The lowest BCUT2D eigenvalue weighted by molar-refractivity contribution is -0.574. The molecule has 0 aliphatic rings. The largest absolute Gasteiger partial charge is 0.358 e. The van der Waals surface area contributed by atoms with Crippen LogP contribution in [0.2, 0.25) is 0 Å². The number of imidazole rings is 1. The van der Waals surface area contributed by atoms with Crippen LogP contribution in [0.25, 0.3) is 16.9 Å². The Bertz CT molecular complexity index is 628. The molecule has 0 amide bonds. The smallest absolute Gasteiger partial charge is 0.314 e. The molecule has 0 radical (unpaired) electrons. The van der Waals surface area contributed by atoms with Gasteiger partial charge in [0.05, 0.1) is 11.9 Å². The third-order valence-electron chi connectivity index (χ3n) is 2.92. The Morgan fingerprint density at radius 1 is 1.44 bits per heavy atom. The van der Waals surface area contributed by atoms with Gasteiger partial charge < -0.3 is 10.7 Å². The third kappa shape index (κ3) is 1.18. The van der Waals surface area contributed by atoms with Crippen molar-refractivity contribution in [1.82, 2.24) is 15.1 Å². The number of nitrogens with one attached hydrogen (secondary N) is 3. The van der Waals surface area contributed by atoms with Crippen LogP contribution in [0.3, 0.4) is 0 Å². The van der Waals surface area contributed by atoms with Crippen molar-refractivity contribution < 1.29 is 4.52 Å². The highest BCUT2D eigenvalue weighted by molar-refractivity contribution is 5.72. The van der Waals surface area contributed by atoms with E-state index >= 15 is 0 Å². The zero-order valence-corrected chi connectivity index (χ0v) is 9.04. The van der Waals surface area contributed by atoms with Gasteiger partial charge in [0.1, 0.15) is 11.8 Å². The maximum absolute atomic E-state index is 5.67. The molecule has 0 aromatic carbocycles. The molecule has 3 rings (SSSR count). The number of hydrogen-bond acceptors (Lipinski definition) is 1. The van der Waals surface area contributed by atoms with E-state index in [9.17, 15) is 0 Å². The third-order valence-corrected chi connectivity index (χ3v) is 2.92. The summed E-state index contributed by atoms with van der Waals surface area (Å²) in [5.41, 5.74) is 11.2. The summed E-state index contributed by atoms with van der Waals surface area (Å²) in [5.74, 6) is 0. The average molecular weight is 216 g/mol. The first-order valence-corrected chi connectivity index (χ1v) is 5.24. The van der Waals surface area contributed by atoms with Crippen molar-refractivity contribution in [3.05, 3.63) is 35.9 Å². The molecule has 3 aromatic rings. The number of H-pyrrole nitrogens is 3. The summed E-state index contributed by atoms with van der Waals surface area (Å²) in [7, 11) is 0. The molecular formula is C11H14N5+. The molecule has 0 unspecified atom stereocenters. The zero-order valence-electron chi connectivity index (χ0n) is 9.04. The number of nitrogens with two attached hydrogens (primary N) is 1. The van der Waals surface area contributed by atoms with Crippen molar-refractivity contribution in [3.8, 4) is 11.3 Å². The number of aromatic nitrogens is 4. The molecule has 3 aromatic heterocycles. The van der Waals surface area contributed by atoms with Gasteiger partial charge in [-0.3, -0.25) is 0 Å². The molecule has 5 N–H and O–H groups in total. The fraction of sp³-hybridized carbons (Fsp3) is 0.182. The maximum Gasteiger partial charge on any atom is 0.314 e. The highest BCUT2D eigenvalue weighted by Gasteiger charge is 2.15. The van der Waals surface area contributed by atoms with E-state index < -0.39 is 0 Å². The van der Waals surface area contributed by atoms with Crippen LogP contribution in [0, 0.1) is 6.92 Å². The van der Waals surface area contributed by atoms with Gasteiger partial charge in [0.25, 0.3) is 0 Å². The van der Waals surface area contributed by atoms with Gasteiger partial charge in [-0.2, -0.15) is 0 Å². The predicted molar refractivity (Wildman–Crippen MR) is 60.7 cm³/mol.